The maximum absolute atomic E-state index is 12.5. The Morgan fingerprint density at radius 2 is 2.10 bits per heavy atom. The van der Waals surface area contributed by atoms with Crippen LogP contribution in [0, 0.1) is 0 Å². The zero-order valence-corrected chi connectivity index (χ0v) is 11.7. The average Bonchev–Trinajstić information content (AvgIpc) is 2.96. The van der Waals surface area contributed by atoms with E-state index in [0.717, 1.165) is 4.90 Å². The van der Waals surface area contributed by atoms with E-state index in [0.29, 0.717) is 34.3 Å². The number of aromatic hydroxyl groups is 1. The van der Waals surface area contributed by atoms with E-state index in [1.165, 1.54) is 18.6 Å². The molecule has 0 unspecified atom stereocenters. The minimum Gasteiger partial charge on any atom is -0.507 e. The highest BCUT2D eigenvalue weighted by Gasteiger charge is 2.17. The molecule has 21 heavy (non-hydrogen) atoms. The van der Waals surface area contributed by atoms with Gasteiger partial charge in [0.05, 0.1) is 30.6 Å². The lowest BCUT2D eigenvalue weighted by Crippen LogP contribution is -3.04. The van der Waals surface area contributed by atoms with E-state index in [2.05, 4.69) is 5.16 Å². The number of hydrogen-bond donors (Lipinski definition) is 2. The molecule has 0 aliphatic rings. The summed E-state index contributed by atoms with van der Waals surface area (Å²) in [5, 5.41) is 14.2. The van der Waals surface area contributed by atoms with E-state index in [1.54, 1.807) is 12.1 Å². The van der Waals surface area contributed by atoms with Gasteiger partial charge in [0.15, 0.2) is 0 Å². The van der Waals surface area contributed by atoms with Crippen LogP contribution in [0.25, 0.3) is 22.2 Å². The first kappa shape index (κ1) is 13.4. The molecule has 2 heterocycles. The van der Waals surface area contributed by atoms with Crippen LogP contribution in [0.3, 0.4) is 0 Å². The number of hydrogen-bond acceptors (Lipinski definition) is 5. The van der Waals surface area contributed by atoms with Gasteiger partial charge in [0.2, 0.25) is 5.43 Å². The summed E-state index contributed by atoms with van der Waals surface area (Å²) in [6.45, 7) is 0.551. The second-order valence-electron chi connectivity index (χ2n) is 5.19. The average molecular weight is 287 g/mol. The standard InChI is InChI=1S/C15H14N2O4/c1-17(2)7-10-13(18)4-3-9-14(19)11(8-20-15(9)10)12-5-6-21-16-12/h3-6,8,18H,7H2,1-2H3/p+1. The summed E-state index contributed by atoms with van der Waals surface area (Å²) in [7, 11) is 3.92. The molecule has 0 atom stereocenters. The van der Waals surface area contributed by atoms with Crippen molar-refractivity contribution >= 4 is 11.0 Å². The molecule has 0 saturated heterocycles. The maximum Gasteiger partial charge on any atom is 0.202 e. The van der Waals surface area contributed by atoms with Gasteiger partial charge in [-0.3, -0.25) is 4.79 Å². The molecule has 1 aromatic carbocycles. The fraction of sp³-hybridized carbons (Fsp3) is 0.200. The van der Waals surface area contributed by atoms with Crippen molar-refractivity contribution in [2.45, 2.75) is 6.54 Å². The van der Waals surface area contributed by atoms with Gasteiger partial charge >= 0.3 is 0 Å². The van der Waals surface area contributed by atoms with Gasteiger partial charge in [-0.15, -0.1) is 0 Å². The third-order valence-corrected chi connectivity index (χ3v) is 3.26. The van der Waals surface area contributed by atoms with Gasteiger partial charge in [-0.05, 0) is 12.1 Å². The summed E-state index contributed by atoms with van der Waals surface area (Å²) in [6.07, 6.45) is 2.76. The lowest BCUT2D eigenvalue weighted by Gasteiger charge is -2.11. The van der Waals surface area contributed by atoms with E-state index in [1.807, 2.05) is 14.1 Å². The number of benzene rings is 1. The first-order valence-electron chi connectivity index (χ1n) is 6.54. The predicted molar refractivity (Wildman–Crippen MR) is 76.2 cm³/mol. The molecule has 0 aliphatic carbocycles. The molecular formula is C15H15N2O4+. The fourth-order valence-electron chi connectivity index (χ4n) is 2.30. The van der Waals surface area contributed by atoms with Crippen molar-refractivity contribution < 1.29 is 18.9 Å². The van der Waals surface area contributed by atoms with Crippen LogP contribution >= 0.6 is 0 Å². The van der Waals surface area contributed by atoms with Crippen LogP contribution in [0.15, 0.2) is 44.5 Å². The fourth-order valence-corrected chi connectivity index (χ4v) is 2.30. The number of nitrogens with one attached hydrogen (secondary N) is 1. The van der Waals surface area contributed by atoms with Crippen LogP contribution < -0.4 is 10.3 Å². The minimum absolute atomic E-state index is 0.126. The number of rotatable bonds is 3. The van der Waals surface area contributed by atoms with Crippen molar-refractivity contribution in [1.29, 1.82) is 0 Å². The lowest BCUT2D eigenvalue weighted by molar-refractivity contribution is -0.872. The quantitative estimate of drug-likeness (QED) is 0.744. The zero-order chi connectivity index (χ0) is 15.0. The molecule has 6 nitrogen and oxygen atoms in total. The molecular weight excluding hydrogens is 272 g/mol. The van der Waals surface area contributed by atoms with E-state index < -0.39 is 0 Å². The van der Waals surface area contributed by atoms with Crippen molar-refractivity contribution in [2.75, 3.05) is 14.1 Å². The molecule has 0 spiro atoms. The summed E-state index contributed by atoms with van der Waals surface area (Å²) in [4.78, 5) is 13.7. The summed E-state index contributed by atoms with van der Waals surface area (Å²) >= 11 is 0. The molecule has 0 aliphatic heterocycles. The third kappa shape index (κ3) is 2.30. The Bertz CT molecular complexity index is 835. The zero-order valence-electron chi connectivity index (χ0n) is 11.7. The van der Waals surface area contributed by atoms with Crippen molar-refractivity contribution in [3.05, 3.63) is 46.5 Å². The van der Waals surface area contributed by atoms with Crippen molar-refractivity contribution in [2.24, 2.45) is 0 Å². The van der Waals surface area contributed by atoms with E-state index >= 15 is 0 Å². The van der Waals surface area contributed by atoms with Gasteiger partial charge in [-0.25, -0.2) is 0 Å². The molecule has 0 saturated carbocycles. The van der Waals surface area contributed by atoms with Crippen LogP contribution in [0.1, 0.15) is 5.56 Å². The van der Waals surface area contributed by atoms with Crippen molar-refractivity contribution in [3.8, 4) is 17.0 Å². The van der Waals surface area contributed by atoms with E-state index in [4.69, 9.17) is 8.94 Å². The second kappa shape index (κ2) is 5.06. The molecule has 2 N–H and O–H groups in total. The van der Waals surface area contributed by atoms with Gasteiger partial charge in [-0.1, -0.05) is 5.16 Å². The first-order chi connectivity index (χ1) is 10.1. The Morgan fingerprint density at radius 3 is 2.76 bits per heavy atom. The number of phenolic OH excluding ortho intramolecular Hbond substituents is 1. The normalized spacial score (nSPS) is 11.4. The predicted octanol–water partition coefficient (Wildman–Crippen LogP) is 0.798. The molecule has 3 rings (SSSR count). The molecule has 3 aromatic rings. The van der Waals surface area contributed by atoms with Crippen molar-refractivity contribution in [3.63, 3.8) is 0 Å². The van der Waals surface area contributed by atoms with E-state index in [9.17, 15) is 9.90 Å². The SMILES string of the molecule is C[NH+](C)Cc1c(O)ccc2c(=O)c(-c3ccon3)coc12. The molecule has 0 fully saturated rings. The number of nitrogens with zero attached hydrogens (tertiary/aromatic N) is 1. The Kier molecular flexibility index (Phi) is 3.23. The Hall–Kier alpha value is -2.60. The minimum atomic E-state index is -0.194. The Labute approximate surface area is 120 Å². The van der Waals surface area contributed by atoms with Gasteiger partial charge in [0.25, 0.3) is 0 Å². The molecule has 2 aromatic heterocycles. The highest BCUT2D eigenvalue weighted by atomic mass is 16.5. The number of fused-ring (bicyclic) bond motifs is 1. The monoisotopic (exact) mass is 287 g/mol. The molecule has 0 amide bonds. The summed E-state index contributed by atoms with van der Waals surface area (Å²) < 4.78 is 10.4. The van der Waals surface area contributed by atoms with Gasteiger partial charge < -0.3 is 18.9 Å². The van der Waals surface area contributed by atoms with Crippen LogP contribution in [-0.4, -0.2) is 24.4 Å². The highest BCUT2D eigenvalue weighted by molar-refractivity contribution is 5.85. The van der Waals surface area contributed by atoms with Gasteiger partial charge in [0, 0.05) is 6.07 Å². The summed E-state index contributed by atoms with van der Waals surface area (Å²) in [6, 6.07) is 4.68. The number of phenols is 1. The smallest absolute Gasteiger partial charge is 0.202 e. The highest BCUT2D eigenvalue weighted by Crippen LogP contribution is 2.26. The topological polar surface area (TPSA) is 80.9 Å². The molecule has 0 radical (unpaired) electrons. The third-order valence-electron chi connectivity index (χ3n) is 3.26. The molecule has 0 bridgehead atoms. The summed E-state index contributed by atoms with van der Waals surface area (Å²) in [5.74, 6) is 0.126. The molecule has 108 valence electrons. The summed E-state index contributed by atoms with van der Waals surface area (Å²) in [5.41, 5.74) is 1.61. The number of aromatic nitrogens is 1. The van der Waals surface area contributed by atoms with E-state index in [-0.39, 0.29) is 11.2 Å². The van der Waals surface area contributed by atoms with Crippen molar-refractivity contribution in [1.82, 2.24) is 5.16 Å². The van der Waals surface area contributed by atoms with Crippen LogP contribution in [0.5, 0.6) is 5.75 Å². The molecule has 6 heteroatoms. The van der Waals surface area contributed by atoms with Crippen LogP contribution in [0.2, 0.25) is 0 Å². The van der Waals surface area contributed by atoms with Gasteiger partial charge in [0.1, 0.15) is 36.1 Å². The largest absolute Gasteiger partial charge is 0.507 e. The van der Waals surface area contributed by atoms with Gasteiger partial charge in [-0.2, -0.15) is 0 Å². The first-order valence-corrected chi connectivity index (χ1v) is 6.54. The second-order valence-corrected chi connectivity index (χ2v) is 5.19. The lowest BCUT2D eigenvalue weighted by atomic mass is 10.1. The Balaban J connectivity index is 2.27. The van der Waals surface area contributed by atoms with Crippen LogP contribution in [-0.2, 0) is 6.54 Å². The Morgan fingerprint density at radius 1 is 1.29 bits per heavy atom. The number of quaternary nitrogens is 1. The van der Waals surface area contributed by atoms with Crippen LogP contribution in [0.4, 0.5) is 0 Å². The maximum atomic E-state index is 12.5.